The summed E-state index contributed by atoms with van der Waals surface area (Å²) in [6, 6.07) is 8.62. The van der Waals surface area contributed by atoms with Gasteiger partial charge in [0, 0.05) is 13.6 Å². The second-order valence-corrected chi connectivity index (χ2v) is 6.69. The third-order valence-corrected chi connectivity index (χ3v) is 4.61. The highest BCUT2D eigenvalue weighted by Gasteiger charge is 2.32. The number of hydrogen-bond acceptors (Lipinski definition) is 4. The molecule has 2 N–H and O–H groups in total. The average Bonchev–Trinajstić information content (AvgIpc) is 3.26. The van der Waals surface area contributed by atoms with Gasteiger partial charge in [0.15, 0.2) is 5.96 Å². The summed E-state index contributed by atoms with van der Waals surface area (Å²) in [5.41, 5.74) is -0.266. The number of nitrogens with zero attached hydrogens (tertiary/aromatic N) is 2. The Kier molecular flexibility index (Phi) is 9.16. The molecular formula is C20H24F3IN4O3. The first-order valence-electron chi connectivity index (χ1n) is 9.40. The Bertz CT molecular complexity index is 875. The van der Waals surface area contributed by atoms with Crippen molar-refractivity contribution in [3.63, 3.8) is 0 Å². The molecule has 0 spiro atoms. The van der Waals surface area contributed by atoms with Gasteiger partial charge in [0.25, 0.3) is 0 Å². The van der Waals surface area contributed by atoms with Crippen LogP contribution in [0.25, 0.3) is 0 Å². The molecule has 0 bridgehead atoms. The smallest absolute Gasteiger partial charge is 0.416 e. The number of amides is 1. The van der Waals surface area contributed by atoms with Gasteiger partial charge in [0.2, 0.25) is 5.91 Å². The highest BCUT2D eigenvalue weighted by atomic mass is 127. The van der Waals surface area contributed by atoms with Gasteiger partial charge in [0.05, 0.1) is 38.1 Å². The highest BCUT2D eigenvalue weighted by molar-refractivity contribution is 14.0. The minimum Gasteiger partial charge on any atom is -0.467 e. The Morgan fingerprint density at radius 2 is 2.06 bits per heavy atom. The number of carbonyl (C=O) groups excluding carboxylic acids is 1. The van der Waals surface area contributed by atoms with Crippen molar-refractivity contribution in [2.24, 2.45) is 4.99 Å². The van der Waals surface area contributed by atoms with Crippen LogP contribution in [0.2, 0.25) is 0 Å². The van der Waals surface area contributed by atoms with Crippen LogP contribution in [-0.4, -0.2) is 50.1 Å². The quantitative estimate of drug-likeness (QED) is 0.339. The van der Waals surface area contributed by atoms with Crippen LogP contribution in [0.1, 0.15) is 23.0 Å². The summed E-state index contributed by atoms with van der Waals surface area (Å²) in [4.78, 5) is 18.1. The molecule has 31 heavy (non-hydrogen) atoms. The van der Waals surface area contributed by atoms with E-state index in [1.165, 1.54) is 12.3 Å². The summed E-state index contributed by atoms with van der Waals surface area (Å²) in [7, 11) is 1.58. The first-order valence-corrected chi connectivity index (χ1v) is 9.40. The van der Waals surface area contributed by atoms with E-state index < -0.39 is 17.8 Å². The second-order valence-electron chi connectivity index (χ2n) is 6.69. The third-order valence-electron chi connectivity index (χ3n) is 4.61. The van der Waals surface area contributed by atoms with Gasteiger partial charge in [-0.15, -0.1) is 24.0 Å². The minimum absolute atomic E-state index is 0. The number of hydrogen-bond donors (Lipinski definition) is 2. The van der Waals surface area contributed by atoms with E-state index in [0.29, 0.717) is 37.0 Å². The number of rotatable bonds is 5. The molecule has 1 unspecified atom stereocenters. The Morgan fingerprint density at radius 3 is 2.74 bits per heavy atom. The maximum absolute atomic E-state index is 13.0. The van der Waals surface area contributed by atoms with E-state index in [4.69, 9.17) is 9.15 Å². The fourth-order valence-corrected chi connectivity index (χ4v) is 3.11. The van der Waals surface area contributed by atoms with E-state index in [0.717, 1.165) is 12.1 Å². The molecule has 1 aliphatic heterocycles. The van der Waals surface area contributed by atoms with Crippen molar-refractivity contribution >= 4 is 35.8 Å². The van der Waals surface area contributed by atoms with E-state index in [2.05, 4.69) is 15.6 Å². The summed E-state index contributed by atoms with van der Waals surface area (Å²) in [5.74, 6) is 0.878. The lowest BCUT2D eigenvalue weighted by molar-refractivity contribution is -0.137. The molecule has 1 aromatic heterocycles. The van der Waals surface area contributed by atoms with E-state index in [1.807, 2.05) is 4.90 Å². The predicted octanol–water partition coefficient (Wildman–Crippen LogP) is 3.18. The molecule has 3 rings (SSSR count). The highest BCUT2D eigenvalue weighted by Crippen LogP contribution is 2.32. The van der Waals surface area contributed by atoms with Crippen LogP contribution in [0.4, 0.5) is 13.2 Å². The van der Waals surface area contributed by atoms with Crippen LogP contribution < -0.4 is 10.6 Å². The van der Waals surface area contributed by atoms with Crippen LogP contribution in [-0.2, 0) is 22.3 Å². The molecule has 0 aliphatic carbocycles. The zero-order valence-corrected chi connectivity index (χ0v) is 19.1. The van der Waals surface area contributed by atoms with E-state index in [9.17, 15) is 18.0 Å². The van der Waals surface area contributed by atoms with Gasteiger partial charge < -0.3 is 24.7 Å². The minimum atomic E-state index is -4.41. The lowest BCUT2D eigenvalue weighted by Crippen LogP contribution is -2.50. The van der Waals surface area contributed by atoms with Crippen molar-refractivity contribution in [1.29, 1.82) is 0 Å². The Hall–Kier alpha value is -2.28. The van der Waals surface area contributed by atoms with E-state index in [-0.39, 0.29) is 43.0 Å². The monoisotopic (exact) mass is 552 g/mol. The van der Waals surface area contributed by atoms with Crippen molar-refractivity contribution in [3.05, 3.63) is 59.5 Å². The molecule has 1 amide bonds. The molecule has 7 nitrogen and oxygen atoms in total. The van der Waals surface area contributed by atoms with Gasteiger partial charge in [0.1, 0.15) is 11.9 Å². The number of alkyl halides is 3. The molecule has 0 radical (unpaired) electrons. The predicted molar refractivity (Wildman–Crippen MR) is 119 cm³/mol. The topological polar surface area (TPSA) is 79.1 Å². The summed E-state index contributed by atoms with van der Waals surface area (Å²) in [6.07, 6.45) is -3.42. The van der Waals surface area contributed by atoms with E-state index in [1.54, 1.807) is 25.2 Å². The molecule has 1 aromatic carbocycles. The van der Waals surface area contributed by atoms with Crippen molar-refractivity contribution in [2.75, 3.05) is 33.3 Å². The maximum atomic E-state index is 13.0. The Balaban J connectivity index is 0.00000341. The van der Waals surface area contributed by atoms with Gasteiger partial charge in [-0.05, 0) is 29.8 Å². The van der Waals surface area contributed by atoms with Gasteiger partial charge >= 0.3 is 6.18 Å². The zero-order chi connectivity index (χ0) is 21.6. The fraction of sp³-hybridized carbons (Fsp3) is 0.400. The maximum Gasteiger partial charge on any atom is 0.416 e. The zero-order valence-electron chi connectivity index (χ0n) is 16.8. The standard InChI is InChI=1S/C20H23F3N4O3.HI/c1-24-19(26-12-18(28)25-11-16-6-3-8-29-16)27-7-9-30-17(13-27)14-4-2-5-15(10-14)20(21,22)23;/h2-6,8,10,17H,7,9,11-13H2,1H3,(H,24,26)(H,25,28);1H. The summed E-state index contributed by atoms with van der Waals surface area (Å²) >= 11 is 0. The Morgan fingerprint density at radius 1 is 1.26 bits per heavy atom. The fourth-order valence-electron chi connectivity index (χ4n) is 3.11. The Labute approximate surface area is 195 Å². The van der Waals surface area contributed by atoms with Gasteiger partial charge in [-0.25, -0.2) is 0 Å². The second kappa shape index (κ2) is 11.4. The van der Waals surface area contributed by atoms with Crippen LogP contribution in [0, 0.1) is 0 Å². The van der Waals surface area contributed by atoms with Gasteiger partial charge in [-0.3, -0.25) is 9.79 Å². The first-order chi connectivity index (χ1) is 14.4. The van der Waals surface area contributed by atoms with Gasteiger partial charge in [-0.2, -0.15) is 13.2 Å². The van der Waals surface area contributed by atoms with Crippen LogP contribution in [0.3, 0.4) is 0 Å². The number of benzene rings is 1. The average molecular weight is 552 g/mol. The van der Waals surface area contributed by atoms with Crippen LogP contribution in [0.5, 0.6) is 0 Å². The number of halogens is 4. The van der Waals surface area contributed by atoms with Crippen molar-refractivity contribution in [1.82, 2.24) is 15.5 Å². The number of morpholine rings is 1. The summed E-state index contributed by atoms with van der Waals surface area (Å²) < 4.78 is 49.8. The van der Waals surface area contributed by atoms with Crippen molar-refractivity contribution < 1.29 is 27.1 Å². The number of carbonyl (C=O) groups is 1. The van der Waals surface area contributed by atoms with E-state index >= 15 is 0 Å². The molecule has 1 aliphatic rings. The molecule has 170 valence electrons. The molecule has 2 heterocycles. The number of furan rings is 1. The van der Waals surface area contributed by atoms with Crippen molar-refractivity contribution in [2.45, 2.75) is 18.8 Å². The molecule has 2 aromatic rings. The molecule has 0 saturated carbocycles. The molecule has 1 saturated heterocycles. The lowest BCUT2D eigenvalue weighted by atomic mass is 10.0. The van der Waals surface area contributed by atoms with Crippen LogP contribution >= 0.6 is 24.0 Å². The van der Waals surface area contributed by atoms with Crippen molar-refractivity contribution in [3.8, 4) is 0 Å². The molecule has 1 fully saturated rings. The number of nitrogens with one attached hydrogen (secondary N) is 2. The molecule has 1 atom stereocenters. The number of aliphatic imine (C=N–C) groups is 1. The summed E-state index contributed by atoms with van der Waals surface area (Å²) in [5, 5.41) is 5.70. The van der Waals surface area contributed by atoms with Crippen LogP contribution in [0.15, 0.2) is 52.1 Å². The number of guanidine groups is 1. The first kappa shape index (κ1) is 25.0. The van der Waals surface area contributed by atoms with Gasteiger partial charge in [-0.1, -0.05) is 12.1 Å². The third kappa shape index (κ3) is 7.13. The normalized spacial score (nSPS) is 17.1. The number of ether oxygens (including phenoxy) is 1. The lowest BCUT2D eigenvalue weighted by Gasteiger charge is -2.35. The molecular weight excluding hydrogens is 528 g/mol. The SMILES string of the molecule is CN=C(NCC(=O)NCc1ccco1)N1CCOC(c2cccc(C(F)(F)F)c2)C1.I. The summed E-state index contributed by atoms with van der Waals surface area (Å²) in [6.45, 7) is 1.42. The molecule has 11 heteroatoms. The largest absolute Gasteiger partial charge is 0.467 e.